The fourth-order valence-corrected chi connectivity index (χ4v) is 4.69. The van der Waals surface area contributed by atoms with Gasteiger partial charge in [0.2, 0.25) is 5.91 Å². The summed E-state index contributed by atoms with van der Waals surface area (Å²) >= 11 is 0. The summed E-state index contributed by atoms with van der Waals surface area (Å²) in [4.78, 5) is 14.1. The van der Waals surface area contributed by atoms with Crippen LogP contribution in [-0.2, 0) is 14.9 Å². The van der Waals surface area contributed by atoms with Gasteiger partial charge in [0.15, 0.2) is 0 Å². The number of nitrogens with two attached hydrogens (primary N) is 1. The van der Waals surface area contributed by atoms with Crippen LogP contribution >= 0.6 is 0 Å². The molecule has 7 nitrogen and oxygen atoms in total. The molecule has 1 heterocycles. The van der Waals surface area contributed by atoms with Gasteiger partial charge in [-0.1, -0.05) is 50.8 Å². The van der Waals surface area contributed by atoms with E-state index in [1.807, 2.05) is 30.3 Å². The van der Waals surface area contributed by atoms with Crippen LogP contribution in [0.15, 0.2) is 79.4 Å². The average molecular weight is 501 g/mol. The molecule has 4 rings (SSSR count). The number of anilines is 4. The van der Waals surface area contributed by atoms with E-state index in [2.05, 4.69) is 72.4 Å². The molecule has 0 spiro atoms. The van der Waals surface area contributed by atoms with Crippen LogP contribution in [-0.4, -0.2) is 45.4 Å². The lowest BCUT2D eigenvalue weighted by molar-refractivity contribution is -0.111. The van der Waals surface area contributed by atoms with Crippen molar-refractivity contribution in [2.45, 2.75) is 25.4 Å². The first kappa shape index (κ1) is 26.3. The molecule has 1 amide bonds. The molecule has 3 aromatic carbocycles. The summed E-state index contributed by atoms with van der Waals surface area (Å²) in [5, 5.41) is 6.46. The summed E-state index contributed by atoms with van der Waals surface area (Å²) in [5.74, 6) is 0.526. The van der Waals surface area contributed by atoms with E-state index in [0.717, 1.165) is 52.7 Å². The Hall–Kier alpha value is -3.81. The van der Waals surface area contributed by atoms with Gasteiger partial charge in [0.05, 0.1) is 25.5 Å². The minimum atomic E-state index is -0.350. The highest BCUT2D eigenvalue weighted by Crippen LogP contribution is 2.40. The largest absolute Gasteiger partial charge is 0.494 e. The van der Waals surface area contributed by atoms with Gasteiger partial charge in [-0.05, 0) is 47.5 Å². The molecular weight excluding hydrogens is 464 g/mol. The Morgan fingerprint density at radius 3 is 2.73 bits per heavy atom. The summed E-state index contributed by atoms with van der Waals surface area (Å²) in [6, 6.07) is 22.4. The van der Waals surface area contributed by atoms with E-state index >= 15 is 0 Å². The van der Waals surface area contributed by atoms with Crippen LogP contribution in [0.1, 0.15) is 25.0 Å². The van der Waals surface area contributed by atoms with Crippen LogP contribution in [0.25, 0.3) is 0 Å². The van der Waals surface area contributed by atoms with E-state index in [1.165, 1.54) is 6.08 Å². The highest BCUT2D eigenvalue weighted by Gasteiger charge is 2.27. The number of methoxy groups -OCH3 is 1. The van der Waals surface area contributed by atoms with Crippen molar-refractivity contribution >= 4 is 28.7 Å². The van der Waals surface area contributed by atoms with Crippen molar-refractivity contribution in [1.29, 1.82) is 0 Å². The first-order valence-corrected chi connectivity index (χ1v) is 12.5. The zero-order valence-electron chi connectivity index (χ0n) is 21.8. The monoisotopic (exact) mass is 500 g/mol. The van der Waals surface area contributed by atoms with Crippen molar-refractivity contribution in [1.82, 2.24) is 0 Å². The molecule has 7 heteroatoms. The summed E-state index contributed by atoms with van der Waals surface area (Å²) < 4.78 is 11.5. The number of nitrogens with zero attached hydrogens (tertiary/aromatic N) is 1. The predicted molar refractivity (Wildman–Crippen MR) is 151 cm³/mol. The van der Waals surface area contributed by atoms with Crippen LogP contribution in [0.5, 0.6) is 5.75 Å². The lowest BCUT2D eigenvalue weighted by Gasteiger charge is -2.34. The maximum atomic E-state index is 11.8. The number of ether oxygens (including phenoxy) is 2. The molecule has 37 heavy (non-hydrogen) atoms. The summed E-state index contributed by atoms with van der Waals surface area (Å²) in [5.41, 5.74) is 11.3. The minimum Gasteiger partial charge on any atom is -0.494 e. The number of hydrogen-bond acceptors (Lipinski definition) is 6. The van der Waals surface area contributed by atoms with Crippen molar-refractivity contribution in [3.05, 3.63) is 90.5 Å². The number of benzene rings is 3. The second kappa shape index (κ2) is 11.5. The van der Waals surface area contributed by atoms with Crippen molar-refractivity contribution in [2.75, 3.05) is 48.9 Å². The number of carbonyl (C=O) groups excluding carboxylic acids is 1. The van der Waals surface area contributed by atoms with Crippen molar-refractivity contribution < 1.29 is 14.3 Å². The van der Waals surface area contributed by atoms with Gasteiger partial charge in [0.1, 0.15) is 5.75 Å². The number of para-hydroxylation sites is 1. The Labute approximate surface area is 219 Å². The molecule has 0 saturated carbocycles. The quantitative estimate of drug-likeness (QED) is 0.356. The van der Waals surface area contributed by atoms with Crippen LogP contribution < -0.4 is 26.0 Å². The van der Waals surface area contributed by atoms with Crippen LogP contribution in [0, 0.1) is 0 Å². The molecule has 0 bridgehead atoms. The zero-order chi connectivity index (χ0) is 26.4. The molecule has 1 fully saturated rings. The van der Waals surface area contributed by atoms with Crippen molar-refractivity contribution in [2.24, 2.45) is 5.73 Å². The van der Waals surface area contributed by atoms with E-state index in [9.17, 15) is 4.79 Å². The molecule has 1 unspecified atom stereocenters. The van der Waals surface area contributed by atoms with E-state index in [1.54, 1.807) is 7.11 Å². The number of morpholine rings is 1. The van der Waals surface area contributed by atoms with Gasteiger partial charge < -0.3 is 30.7 Å². The Balaban J connectivity index is 1.62. The Morgan fingerprint density at radius 1 is 1.16 bits per heavy atom. The molecule has 0 radical (unpaired) electrons. The van der Waals surface area contributed by atoms with E-state index in [4.69, 9.17) is 15.2 Å². The molecule has 0 aliphatic carbocycles. The van der Waals surface area contributed by atoms with E-state index in [-0.39, 0.29) is 17.4 Å². The van der Waals surface area contributed by atoms with E-state index in [0.29, 0.717) is 13.2 Å². The third-order valence-corrected chi connectivity index (χ3v) is 6.86. The maximum absolute atomic E-state index is 11.8. The van der Waals surface area contributed by atoms with Crippen LogP contribution in [0.4, 0.5) is 22.7 Å². The van der Waals surface area contributed by atoms with Gasteiger partial charge in [-0.2, -0.15) is 0 Å². The zero-order valence-corrected chi connectivity index (χ0v) is 21.8. The highest BCUT2D eigenvalue weighted by atomic mass is 16.5. The molecular formula is C30H36N4O3. The Morgan fingerprint density at radius 2 is 1.97 bits per heavy atom. The third kappa shape index (κ3) is 5.96. The third-order valence-electron chi connectivity index (χ3n) is 6.86. The second-order valence-corrected chi connectivity index (χ2v) is 9.63. The van der Waals surface area contributed by atoms with Crippen LogP contribution in [0.2, 0.25) is 0 Å². The SMILES string of the molecule is C=CC(=O)Nc1cccc(C(C)(C)c2ccccc2Nc2ccc(N3CCOC(CN)C3)cc2OC)c1. The highest BCUT2D eigenvalue weighted by molar-refractivity contribution is 5.98. The predicted octanol–water partition coefficient (Wildman–Crippen LogP) is 5.05. The van der Waals surface area contributed by atoms with Gasteiger partial charge in [0, 0.05) is 48.2 Å². The van der Waals surface area contributed by atoms with Crippen molar-refractivity contribution in [3.8, 4) is 5.75 Å². The molecule has 1 saturated heterocycles. The molecule has 1 aliphatic rings. The number of nitrogens with one attached hydrogen (secondary N) is 2. The van der Waals surface area contributed by atoms with Gasteiger partial charge in [-0.25, -0.2) is 0 Å². The van der Waals surface area contributed by atoms with Crippen LogP contribution in [0.3, 0.4) is 0 Å². The Bertz CT molecular complexity index is 1260. The number of carbonyl (C=O) groups is 1. The van der Waals surface area contributed by atoms with E-state index < -0.39 is 0 Å². The summed E-state index contributed by atoms with van der Waals surface area (Å²) in [6.45, 7) is 10.6. The average Bonchev–Trinajstić information content (AvgIpc) is 2.93. The summed E-state index contributed by atoms with van der Waals surface area (Å²) in [6.07, 6.45) is 1.31. The normalized spacial score (nSPS) is 15.7. The molecule has 194 valence electrons. The number of hydrogen-bond donors (Lipinski definition) is 3. The molecule has 3 aromatic rings. The topological polar surface area (TPSA) is 88.9 Å². The molecule has 1 aliphatic heterocycles. The van der Waals surface area contributed by atoms with Gasteiger partial charge >= 0.3 is 0 Å². The van der Waals surface area contributed by atoms with Gasteiger partial charge in [-0.3, -0.25) is 4.79 Å². The number of rotatable bonds is 9. The first-order chi connectivity index (χ1) is 17.8. The van der Waals surface area contributed by atoms with Crippen molar-refractivity contribution in [3.63, 3.8) is 0 Å². The fraction of sp³-hybridized carbons (Fsp3) is 0.300. The first-order valence-electron chi connectivity index (χ1n) is 12.5. The smallest absolute Gasteiger partial charge is 0.247 e. The minimum absolute atomic E-state index is 0.0373. The molecule has 0 aromatic heterocycles. The second-order valence-electron chi connectivity index (χ2n) is 9.63. The standard InChI is InChI=1S/C30H36N4O3/c1-5-29(35)32-22-10-8-9-21(17-22)30(2,3)25-11-6-7-12-26(25)33-27-14-13-23(18-28(27)36-4)34-15-16-37-24(19-31)20-34/h5-14,17-18,24,33H,1,15-16,19-20,31H2,2-4H3,(H,32,35). The summed E-state index contributed by atoms with van der Waals surface area (Å²) in [7, 11) is 1.69. The molecule has 1 atom stereocenters. The molecule has 4 N–H and O–H groups in total. The van der Waals surface area contributed by atoms with Gasteiger partial charge in [0.25, 0.3) is 0 Å². The van der Waals surface area contributed by atoms with Gasteiger partial charge in [-0.15, -0.1) is 0 Å². The Kier molecular flexibility index (Phi) is 8.16. The number of amides is 1. The lowest BCUT2D eigenvalue weighted by Crippen LogP contribution is -2.45. The maximum Gasteiger partial charge on any atom is 0.247 e. The fourth-order valence-electron chi connectivity index (χ4n) is 4.69. The lowest BCUT2D eigenvalue weighted by atomic mass is 9.77.